The van der Waals surface area contributed by atoms with Crippen LogP contribution >= 0.6 is 0 Å². The molecule has 1 saturated heterocycles. The van der Waals surface area contributed by atoms with Crippen molar-refractivity contribution in [1.29, 1.82) is 0 Å². The maximum atomic E-state index is 12.8. The molecule has 0 radical (unpaired) electrons. The summed E-state index contributed by atoms with van der Waals surface area (Å²) in [6, 6.07) is 7.06. The van der Waals surface area contributed by atoms with Gasteiger partial charge in [0.1, 0.15) is 18.7 Å². The summed E-state index contributed by atoms with van der Waals surface area (Å²) in [5, 5.41) is 2.66. The van der Waals surface area contributed by atoms with Crippen LogP contribution in [0.1, 0.15) is 31.0 Å². The van der Waals surface area contributed by atoms with Crippen LogP contribution in [0.4, 0.5) is 0 Å². The van der Waals surface area contributed by atoms with Gasteiger partial charge in [-0.15, -0.1) is 0 Å². The summed E-state index contributed by atoms with van der Waals surface area (Å²) in [4.78, 5) is 46.0. The van der Waals surface area contributed by atoms with E-state index < -0.39 is 24.1 Å². The summed E-state index contributed by atoms with van der Waals surface area (Å²) in [5.74, 6) is -1.20. The molecule has 3 rings (SSSR count). The minimum Gasteiger partial charge on any atom is -0.459 e. The van der Waals surface area contributed by atoms with Gasteiger partial charge >= 0.3 is 5.97 Å². The molecule has 1 aromatic heterocycles. The van der Waals surface area contributed by atoms with Gasteiger partial charge in [-0.3, -0.25) is 9.59 Å². The number of imidazole rings is 1. The topological polar surface area (TPSA) is 130 Å². The van der Waals surface area contributed by atoms with Crippen LogP contribution in [0.2, 0.25) is 0 Å². The van der Waals surface area contributed by atoms with Gasteiger partial charge < -0.3 is 25.7 Å². The lowest BCUT2D eigenvalue weighted by Gasteiger charge is -2.27. The van der Waals surface area contributed by atoms with Crippen LogP contribution in [0, 0.1) is 0 Å². The van der Waals surface area contributed by atoms with Crippen molar-refractivity contribution in [3.8, 4) is 0 Å². The molecule has 9 nitrogen and oxygen atoms in total. The number of H-pyrrole nitrogens is 1. The summed E-state index contributed by atoms with van der Waals surface area (Å²) in [6.07, 6.45) is 4.68. The number of nitrogens with zero attached hydrogens (tertiary/aromatic N) is 2. The fourth-order valence-corrected chi connectivity index (χ4v) is 3.46. The highest BCUT2D eigenvalue weighted by atomic mass is 16.5. The predicted octanol–water partition coefficient (Wildman–Crippen LogP) is 0.519. The van der Waals surface area contributed by atoms with E-state index in [0.717, 1.165) is 11.3 Å². The van der Waals surface area contributed by atoms with Crippen molar-refractivity contribution in [1.82, 2.24) is 20.2 Å². The number of aromatic nitrogens is 2. The van der Waals surface area contributed by atoms with E-state index in [1.165, 1.54) is 11.2 Å². The van der Waals surface area contributed by atoms with Crippen LogP contribution in [0.25, 0.3) is 0 Å². The molecule has 0 spiro atoms. The van der Waals surface area contributed by atoms with Crippen LogP contribution in [-0.2, 0) is 32.1 Å². The normalized spacial score (nSPS) is 17.9. The second kappa shape index (κ2) is 10.0. The maximum absolute atomic E-state index is 12.8. The monoisotopic (exact) mass is 413 g/mol. The van der Waals surface area contributed by atoms with Crippen molar-refractivity contribution >= 4 is 17.8 Å². The number of hydrogen-bond donors (Lipinski definition) is 3. The SMILES string of the molecule is CC(NC(=O)C1CCCN1C(=O)C(N)Cc1cnc[nH]1)C(=O)OCc1ccccc1. The first-order valence-corrected chi connectivity index (χ1v) is 10.00. The highest BCUT2D eigenvalue weighted by Gasteiger charge is 2.37. The van der Waals surface area contributed by atoms with Gasteiger partial charge in [0.05, 0.1) is 12.4 Å². The number of hydrogen-bond acceptors (Lipinski definition) is 6. The van der Waals surface area contributed by atoms with E-state index in [0.29, 0.717) is 25.8 Å². The Morgan fingerprint density at radius 1 is 1.33 bits per heavy atom. The van der Waals surface area contributed by atoms with Gasteiger partial charge in [0.2, 0.25) is 11.8 Å². The molecule has 160 valence electrons. The minimum absolute atomic E-state index is 0.135. The number of rotatable bonds is 8. The zero-order valence-electron chi connectivity index (χ0n) is 16.9. The molecule has 4 N–H and O–H groups in total. The van der Waals surface area contributed by atoms with Crippen LogP contribution < -0.4 is 11.1 Å². The molecular weight excluding hydrogens is 386 g/mol. The fourth-order valence-electron chi connectivity index (χ4n) is 3.46. The third kappa shape index (κ3) is 5.44. The lowest BCUT2D eigenvalue weighted by atomic mass is 10.1. The average Bonchev–Trinajstić information content (AvgIpc) is 3.44. The van der Waals surface area contributed by atoms with E-state index in [-0.39, 0.29) is 18.4 Å². The Morgan fingerprint density at radius 2 is 2.10 bits per heavy atom. The molecule has 1 aliphatic heterocycles. The van der Waals surface area contributed by atoms with Crippen LogP contribution in [-0.4, -0.2) is 57.3 Å². The number of aromatic amines is 1. The number of likely N-dealkylation sites (tertiary alicyclic amines) is 1. The second-order valence-corrected chi connectivity index (χ2v) is 7.40. The second-order valence-electron chi connectivity index (χ2n) is 7.40. The van der Waals surface area contributed by atoms with Crippen molar-refractivity contribution in [2.45, 2.75) is 50.9 Å². The number of benzene rings is 1. The number of nitrogens with two attached hydrogens (primary N) is 1. The van der Waals surface area contributed by atoms with Crippen LogP contribution in [0.15, 0.2) is 42.9 Å². The van der Waals surface area contributed by atoms with Crippen molar-refractivity contribution in [2.24, 2.45) is 5.73 Å². The van der Waals surface area contributed by atoms with Gasteiger partial charge in [0.25, 0.3) is 0 Å². The summed E-state index contributed by atoms with van der Waals surface area (Å²) >= 11 is 0. The standard InChI is InChI=1S/C21H27N5O4/c1-14(21(29)30-12-15-6-3-2-4-7-15)25-19(27)18-8-5-9-26(18)20(28)17(22)10-16-11-23-13-24-16/h2-4,6-7,11,13-14,17-18H,5,8-10,12,22H2,1H3,(H,23,24)(H,25,27). The van der Waals surface area contributed by atoms with Gasteiger partial charge in [0.15, 0.2) is 0 Å². The smallest absolute Gasteiger partial charge is 0.328 e. The molecule has 1 aromatic carbocycles. The molecule has 1 aliphatic rings. The molecule has 9 heteroatoms. The van der Waals surface area contributed by atoms with E-state index in [9.17, 15) is 14.4 Å². The Kier molecular flexibility index (Phi) is 7.18. The number of amides is 2. The molecule has 0 saturated carbocycles. The summed E-state index contributed by atoms with van der Waals surface area (Å²) in [6.45, 7) is 2.16. The number of ether oxygens (including phenoxy) is 1. The van der Waals surface area contributed by atoms with Gasteiger partial charge in [-0.25, -0.2) is 9.78 Å². The zero-order valence-corrected chi connectivity index (χ0v) is 16.9. The molecule has 30 heavy (non-hydrogen) atoms. The Labute approximate surface area is 175 Å². The van der Waals surface area contributed by atoms with Gasteiger partial charge in [0, 0.05) is 24.9 Å². The number of carbonyl (C=O) groups is 3. The first kappa shape index (κ1) is 21.5. The Hall–Kier alpha value is -3.20. The van der Waals surface area contributed by atoms with Gasteiger partial charge in [-0.2, -0.15) is 0 Å². The van der Waals surface area contributed by atoms with Crippen molar-refractivity contribution in [3.05, 3.63) is 54.1 Å². The average molecular weight is 413 g/mol. The third-order valence-corrected chi connectivity index (χ3v) is 5.09. The van der Waals surface area contributed by atoms with E-state index in [1.807, 2.05) is 30.3 Å². The molecule has 0 bridgehead atoms. The lowest BCUT2D eigenvalue weighted by Crippen LogP contribution is -2.53. The first-order valence-electron chi connectivity index (χ1n) is 10.00. The zero-order chi connectivity index (χ0) is 21.5. The molecule has 0 aliphatic carbocycles. The van der Waals surface area contributed by atoms with Crippen molar-refractivity contribution in [3.63, 3.8) is 0 Å². The minimum atomic E-state index is -0.822. The molecule has 2 amide bonds. The third-order valence-electron chi connectivity index (χ3n) is 5.09. The van der Waals surface area contributed by atoms with Crippen LogP contribution in [0.5, 0.6) is 0 Å². The quantitative estimate of drug-likeness (QED) is 0.541. The van der Waals surface area contributed by atoms with Gasteiger partial charge in [-0.05, 0) is 25.3 Å². The fraction of sp³-hybridized carbons (Fsp3) is 0.429. The summed E-state index contributed by atoms with van der Waals surface area (Å²) in [7, 11) is 0. The number of carbonyl (C=O) groups excluding carboxylic acids is 3. The van der Waals surface area contributed by atoms with Crippen molar-refractivity contribution in [2.75, 3.05) is 6.54 Å². The highest BCUT2D eigenvalue weighted by Crippen LogP contribution is 2.19. The molecule has 2 aromatic rings. The van der Waals surface area contributed by atoms with Crippen LogP contribution in [0.3, 0.4) is 0 Å². The Bertz CT molecular complexity index is 856. The number of nitrogens with one attached hydrogen (secondary N) is 2. The largest absolute Gasteiger partial charge is 0.459 e. The predicted molar refractivity (Wildman–Crippen MR) is 109 cm³/mol. The summed E-state index contributed by atoms with van der Waals surface area (Å²) in [5.41, 5.74) is 7.67. The summed E-state index contributed by atoms with van der Waals surface area (Å²) < 4.78 is 5.26. The molecule has 1 fully saturated rings. The Morgan fingerprint density at radius 3 is 2.80 bits per heavy atom. The highest BCUT2D eigenvalue weighted by molar-refractivity contribution is 5.92. The van der Waals surface area contributed by atoms with E-state index in [1.54, 1.807) is 13.1 Å². The van der Waals surface area contributed by atoms with E-state index in [4.69, 9.17) is 10.5 Å². The molecule has 2 heterocycles. The first-order chi connectivity index (χ1) is 14.5. The molecule has 3 atom stereocenters. The molecule has 3 unspecified atom stereocenters. The maximum Gasteiger partial charge on any atom is 0.328 e. The lowest BCUT2D eigenvalue weighted by molar-refractivity contribution is -0.149. The van der Waals surface area contributed by atoms with Crippen molar-refractivity contribution < 1.29 is 19.1 Å². The molecular formula is C21H27N5O4. The number of esters is 1. The van der Waals surface area contributed by atoms with E-state index >= 15 is 0 Å². The van der Waals surface area contributed by atoms with Gasteiger partial charge in [-0.1, -0.05) is 30.3 Å². The Balaban J connectivity index is 1.51. The van der Waals surface area contributed by atoms with E-state index in [2.05, 4.69) is 15.3 Å².